The monoisotopic (exact) mass is 387 g/mol. The molecule has 2 unspecified atom stereocenters. The van der Waals surface area contributed by atoms with Crippen molar-refractivity contribution in [3.8, 4) is 5.75 Å². The second-order valence-electron chi connectivity index (χ2n) is 7.49. The lowest BCUT2D eigenvalue weighted by Gasteiger charge is -2.25. The van der Waals surface area contributed by atoms with Crippen molar-refractivity contribution in [3.63, 3.8) is 0 Å². The molecule has 0 fully saturated rings. The van der Waals surface area contributed by atoms with Gasteiger partial charge in [0.2, 0.25) is 0 Å². The molecule has 0 saturated heterocycles. The Balaban J connectivity index is 1.87. The summed E-state index contributed by atoms with van der Waals surface area (Å²) >= 11 is 0. The molecule has 3 aromatic rings. The molecule has 3 aromatic carbocycles. The third kappa shape index (κ3) is 5.05. The van der Waals surface area contributed by atoms with Crippen LogP contribution in [0.25, 0.3) is 0 Å². The van der Waals surface area contributed by atoms with Crippen LogP contribution in [-0.2, 0) is 4.79 Å². The lowest BCUT2D eigenvalue weighted by atomic mass is 9.94. The summed E-state index contributed by atoms with van der Waals surface area (Å²) in [5.41, 5.74) is 5.43. The van der Waals surface area contributed by atoms with Crippen LogP contribution in [0.4, 0.5) is 0 Å². The first-order chi connectivity index (χ1) is 14.0. The van der Waals surface area contributed by atoms with Crippen LogP contribution in [0.3, 0.4) is 0 Å². The Labute approximate surface area is 173 Å². The average Bonchev–Trinajstić information content (AvgIpc) is 2.73. The van der Waals surface area contributed by atoms with Gasteiger partial charge in [0.05, 0.1) is 6.04 Å². The maximum absolute atomic E-state index is 13.2. The van der Waals surface area contributed by atoms with Crippen LogP contribution in [-0.4, -0.2) is 12.0 Å². The van der Waals surface area contributed by atoms with Crippen molar-refractivity contribution in [2.24, 2.45) is 0 Å². The highest BCUT2D eigenvalue weighted by molar-refractivity contribution is 5.82. The molecule has 29 heavy (non-hydrogen) atoms. The van der Waals surface area contributed by atoms with Gasteiger partial charge < -0.3 is 10.1 Å². The lowest BCUT2D eigenvalue weighted by molar-refractivity contribution is -0.128. The van der Waals surface area contributed by atoms with Crippen LogP contribution in [0.2, 0.25) is 0 Å². The van der Waals surface area contributed by atoms with Gasteiger partial charge in [0.25, 0.3) is 5.91 Å². The van der Waals surface area contributed by atoms with E-state index < -0.39 is 6.10 Å². The number of amides is 1. The number of aryl methyl sites for hydroxylation is 3. The van der Waals surface area contributed by atoms with Gasteiger partial charge in [0.15, 0.2) is 6.10 Å². The van der Waals surface area contributed by atoms with E-state index in [2.05, 4.69) is 24.4 Å². The quantitative estimate of drug-likeness (QED) is 0.567. The maximum Gasteiger partial charge on any atom is 0.261 e. The third-order valence-electron chi connectivity index (χ3n) is 5.20. The Hall–Kier alpha value is -3.07. The van der Waals surface area contributed by atoms with Gasteiger partial charge in [-0.2, -0.15) is 0 Å². The summed E-state index contributed by atoms with van der Waals surface area (Å²) in [6.45, 7) is 8.07. The number of rotatable bonds is 7. The first kappa shape index (κ1) is 20.7. The number of ether oxygens (including phenoxy) is 1. The number of benzene rings is 3. The second kappa shape index (κ2) is 9.42. The van der Waals surface area contributed by atoms with Crippen LogP contribution in [0, 0.1) is 20.8 Å². The molecular formula is C26H29NO2. The van der Waals surface area contributed by atoms with E-state index in [4.69, 9.17) is 4.74 Å². The van der Waals surface area contributed by atoms with Crippen molar-refractivity contribution in [3.05, 3.63) is 101 Å². The van der Waals surface area contributed by atoms with Gasteiger partial charge >= 0.3 is 0 Å². The van der Waals surface area contributed by atoms with Crippen LogP contribution in [0.1, 0.15) is 47.2 Å². The number of carbonyl (C=O) groups is 1. The Kier molecular flexibility index (Phi) is 6.71. The molecule has 3 rings (SSSR count). The lowest BCUT2D eigenvalue weighted by Crippen LogP contribution is -2.40. The summed E-state index contributed by atoms with van der Waals surface area (Å²) in [6.07, 6.45) is 0.0415. The summed E-state index contributed by atoms with van der Waals surface area (Å²) in [7, 11) is 0. The van der Waals surface area contributed by atoms with Crippen molar-refractivity contribution >= 4 is 5.91 Å². The highest BCUT2D eigenvalue weighted by atomic mass is 16.5. The molecule has 0 aliphatic carbocycles. The Morgan fingerprint density at radius 3 is 2.28 bits per heavy atom. The molecule has 0 heterocycles. The average molecular weight is 388 g/mol. The van der Waals surface area contributed by atoms with E-state index in [1.807, 2.05) is 81.4 Å². The van der Waals surface area contributed by atoms with Gasteiger partial charge in [-0.3, -0.25) is 4.79 Å². The summed E-state index contributed by atoms with van der Waals surface area (Å²) in [6, 6.07) is 24.1. The molecule has 3 nitrogen and oxygen atoms in total. The SMILES string of the molecule is CCC(Oc1cc(C)ccc1C)C(=O)NC(c1ccccc1)c1ccccc1C. The van der Waals surface area contributed by atoms with Crippen molar-refractivity contribution in [2.75, 3.05) is 0 Å². The van der Waals surface area contributed by atoms with Crippen LogP contribution < -0.4 is 10.1 Å². The molecule has 0 radical (unpaired) electrons. The van der Waals surface area contributed by atoms with E-state index in [0.29, 0.717) is 6.42 Å². The molecule has 0 aliphatic heterocycles. The zero-order chi connectivity index (χ0) is 20.8. The second-order valence-corrected chi connectivity index (χ2v) is 7.49. The van der Waals surface area contributed by atoms with Crippen LogP contribution in [0.5, 0.6) is 5.75 Å². The third-order valence-corrected chi connectivity index (χ3v) is 5.20. The van der Waals surface area contributed by atoms with E-state index in [9.17, 15) is 4.79 Å². The summed E-state index contributed by atoms with van der Waals surface area (Å²) in [4.78, 5) is 13.2. The minimum absolute atomic E-state index is 0.106. The first-order valence-corrected chi connectivity index (χ1v) is 10.1. The van der Waals surface area contributed by atoms with E-state index in [1.54, 1.807) is 0 Å². The van der Waals surface area contributed by atoms with E-state index in [1.165, 1.54) is 0 Å². The highest BCUT2D eigenvalue weighted by Gasteiger charge is 2.25. The highest BCUT2D eigenvalue weighted by Crippen LogP contribution is 2.26. The predicted octanol–water partition coefficient (Wildman–Crippen LogP) is 5.68. The molecule has 1 N–H and O–H groups in total. The summed E-state index contributed by atoms with van der Waals surface area (Å²) < 4.78 is 6.13. The molecule has 0 spiro atoms. The van der Waals surface area contributed by atoms with Crippen LogP contribution >= 0.6 is 0 Å². The molecular weight excluding hydrogens is 358 g/mol. The maximum atomic E-state index is 13.2. The molecule has 0 saturated carbocycles. The number of carbonyl (C=O) groups excluding carboxylic acids is 1. The smallest absolute Gasteiger partial charge is 0.261 e. The molecule has 3 heteroatoms. The molecule has 0 bridgehead atoms. The normalized spacial score (nSPS) is 12.8. The Morgan fingerprint density at radius 2 is 1.59 bits per heavy atom. The van der Waals surface area contributed by atoms with Crippen molar-refractivity contribution < 1.29 is 9.53 Å². The number of hydrogen-bond donors (Lipinski definition) is 1. The zero-order valence-corrected chi connectivity index (χ0v) is 17.6. The predicted molar refractivity (Wildman–Crippen MR) is 118 cm³/mol. The molecule has 2 atom stereocenters. The zero-order valence-electron chi connectivity index (χ0n) is 17.6. The van der Waals surface area contributed by atoms with Crippen molar-refractivity contribution in [1.29, 1.82) is 0 Å². The first-order valence-electron chi connectivity index (χ1n) is 10.1. The fraction of sp³-hybridized carbons (Fsp3) is 0.269. The standard InChI is InChI=1S/C26H29NO2/c1-5-23(29-24-17-18(2)15-16-20(24)4)26(28)27-25(21-12-7-6-8-13-21)22-14-10-9-11-19(22)3/h6-17,23,25H,5H2,1-4H3,(H,27,28). The summed E-state index contributed by atoms with van der Waals surface area (Å²) in [5.74, 6) is 0.657. The van der Waals surface area contributed by atoms with Gasteiger partial charge in [-0.25, -0.2) is 0 Å². The molecule has 0 aromatic heterocycles. The van der Waals surface area contributed by atoms with Crippen molar-refractivity contribution in [2.45, 2.75) is 46.3 Å². The largest absolute Gasteiger partial charge is 0.480 e. The summed E-state index contributed by atoms with van der Waals surface area (Å²) in [5, 5.41) is 3.23. The topological polar surface area (TPSA) is 38.3 Å². The van der Waals surface area contributed by atoms with Gasteiger partial charge in [-0.15, -0.1) is 0 Å². The minimum atomic E-state index is -0.550. The minimum Gasteiger partial charge on any atom is -0.480 e. The van der Waals surface area contributed by atoms with Gasteiger partial charge in [-0.1, -0.05) is 73.7 Å². The molecule has 0 aliphatic rings. The van der Waals surface area contributed by atoms with E-state index in [0.717, 1.165) is 33.6 Å². The van der Waals surface area contributed by atoms with E-state index in [-0.39, 0.29) is 11.9 Å². The van der Waals surface area contributed by atoms with Crippen LogP contribution in [0.15, 0.2) is 72.8 Å². The number of hydrogen-bond acceptors (Lipinski definition) is 2. The van der Waals surface area contributed by atoms with Crippen molar-refractivity contribution in [1.82, 2.24) is 5.32 Å². The fourth-order valence-electron chi connectivity index (χ4n) is 3.44. The number of nitrogens with one attached hydrogen (secondary N) is 1. The molecule has 150 valence electrons. The van der Waals surface area contributed by atoms with Gasteiger partial charge in [0, 0.05) is 0 Å². The Morgan fingerprint density at radius 1 is 0.897 bits per heavy atom. The van der Waals surface area contributed by atoms with Gasteiger partial charge in [0.1, 0.15) is 5.75 Å². The Bertz CT molecular complexity index is 965. The van der Waals surface area contributed by atoms with Gasteiger partial charge in [-0.05, 0) is 61.1 Å². The van der Waals surface area contributed by atoms with E-state index >= 15 is 0 Å². The fourth-order valence-corrected chi connectivity index (χ4v) is 3.44. The molecule has 1 amide bonds.